The Morgan fingerprint density at radius 3 is 2.85 bits per heavy atom. The monoisotopic (exact) mass is 252 g/mol. The fraction of sp³-hybridized carbons (Fsp3) is 0.800. The van der Waals surface area contributed by atoms with Crippen LogP contribution < -0.4 is 0 Å². The fourth-order valence-corrected chi connectivity index (χ4v) is 2.31. The van der Waals surface area contributed by atoms with Gasteiger partial charge in [0, 0.05) is 0 Å². The summed E-state index contributed by atoms with van der Waals surface area (Å²) < 4.78 is 10.2. The van der Waals surface area contributed by atoms with Crippen LogP contribution in [0.4, 0.5) is 0 Å². The van der Waals surface area contributed by atoms with E-state index in [1.165, 1.54) is 18.2 Å². The van der Waals surface area contributed by atoms with Gasteiger partial charge in [0.05, 0.1) is 0 Å². The van der Waals surface area contributed by atoms with E-state index in [1.54, 1.807) is 7.11 Å². The van der Waals surface area contributed by atoms with Gasteiger partial charge in [-0.2, -0.15) is 0 Å². The average molecular weight is 251 g/mol. The molecule has 0 rings (SSSR count). The van der Waals surface area contributed by atoms with Crippen molar-refractivity contribution in [3.63, 3.8) is 0 Å². The maximum absolute atomic E-state index is 5.37. The number of ether oxygens (including phenoxy) is 2. The molecule has 0 aliphatic heterocycles. The SMILES string of the molecule is C/C=C/CCC[Se]COCCOC. The van der Waals surface area contributed by atoms with E-state index in [4.69, 9.17) is 9.47 Å². The molecule has 0 N–H and O–H groups in total. The van der Waals surface area contributed by atoms with Crippen LogP contribution in [0.5, 0.6) is 0 Å². The van der Waals surface area contributed by atoms with Crippen LogP contribution in [0.2, 0.25) is 5.32 Å². The molecule has 0 fully saturated rings. The normalized spacial score (nSPS) is 11.2. The molecule has 78 valence electrons. The van der Waals surface area contributed by atoms with Crippen LogP contribution >= 0.6 is 0 Å². The second-order valence-electron chi connectivity index (χ2n) is 2.64. The summed E-state index contributed by atoms with van der Waals surface area (Å²) in [5.74, 6) is 0. The van der Waals surface area contributed by atoms with E-state index in [9.17, 15) is 0 Å². The molecule has 0 amide bonds. The van der Waals surface area contributed by atoms with Crippen molar-refractivity contribution in [3.8, 4) is 0 Å². The van der Waals surface area contributed by atoms with Gasteiger partial charge in [0.1, 0.15) is 0 Å². The number of rotatable bonds is 9. The second-order valence-corrected chi connectivity index (χ2v) is 4.85. The average Bonchev–Trinajstić information content (AvgIpc) is 2.16. The van der Waals surface area contributed by atoms with Gasteiger partial charge in [-0.25, -0.2) is 0 Å². The van der Waals surface area contributed by atoms with Gasteiger partial charge in [0.2, 0.25) is 0 Å². The Morgan fingerprint density at radius 2 is 2.15 bits per heavy atom. The van der Waals surface area contributed by atoms with Gasteiger partial charge in [0.15, 0.2) is 0 Å². The van der Waals surface area contributed by atoms with Crippen LogP contribution in [0, 0.1) is 0 Å². The van der Waals surface area contributed by atoms with Crippen molar-refractivity contribution in [3.05, 3.63) is 12.2 Å². The van der Waals surface area contributed by atoms with E-state index in [1.807, 2.05) is 0 Å². The minimum atomic E-state index is 0.662. The third-order valence-electron chi connectivity index (χ3n) is 1.49. The van der Waals surface area contributed by atoms with Crippen LogP contribution in [0.25, 0.3) is 0 Å². The Morgan fingerprint density at radius 1 is 1.31 bits per heavy atom. The summed E-state index contributed by atoms with van der Waals surface area (Å²) in [4.78, 5) is 0. The Balaban J connectivity index is 2.83. The van der Waals surface area contributed by atoms with E-state index in [0.29, 0.717) is 21.6 Å². The molecule has 0 aromatic rings. The van der Waals surface area contributed by atoms with E-state index in [0.717, 1.165) is 12.1 Å². The van der Waals surface area contributed by atoms with E-state index >= 15 is 0 Å². The third kappa shape index (κ3) is 12.2. The molecule has 0 atom stereocenters. The molecule has 0 aliphatic carbocycles. The minimum absolute atomic E-state index is 0.662. The van der Waals surface area contributed by atoms with Crippen LogP contribution in [-0.4, -0.2) is 40.8 Å². The van der Waals surface area contributed by atoms with Gasteiger partial charge >= 0.3 is 87.5 Å². The first kappa shape index (κ1) is 13.2. The van der Waals surface area contributed by atoms with E-state index < -0.39 is 0 Å². The zero-order valence-corrected chi connectivity index (χ0v) is 10.3. The van der Waals surface area contributed by atoms with Gasteiger partial charge in [-0.15, -0.1) is 0 Å². The number of unbranched alkanes of at least 4 members (excludes halogenated alkanes) is 1. The van der Waals surface area contributed by atoms with Crippen molar-refractivity contribution in [1.29, 1.82) is 0 Å². The summed E-state index contributed by atoms with van der Waals surface area (Å²) in [6.45, 7) is 3.53. The first-order valence-corrected chi connectivity index (χ1v) is 7.09. The van der Waals surface area contributed by atoms with Gasteiger partial charge in [-0.1, -0.05) is 0 Å². The molecular weight excluding hydrogens is 231 g/mol. The number of methoxy groups -OCH3 is 1. The fourth-order valence-electron chi connectivity index (χ4n) is 0.789. The molecular formula is C10H20O2Se. The van der Waals surface area contributed by atoms with Gasteiger partial charge in [-0.05, 0) is 0 Å². The molecule has 0 heterocycles. The molecule has 0 saturated carbocycles. The molecule has 13 heavy (non-hydrogen) atoms. The van der Waals surface area contributed by atoms with Crippen molar-refractivity contribution in [1.82, 2.24) is 0 Å². The second kappa shape index (κ2) is 12.2. The van der Waals surface area contributed by atoms with Crippen LogP contribution in [-0.2, 0) is 9.47 Å². The van der Waals surface area contributed by atoms with Crippen molar-refractivity contribution in [2.24, 2.45) is 0 Å². The molecule has 0 radical (unpaired) electrons. The Bertz CT molecular complexity index is 115. The zero-order chi connectivity index (χ0) is 9.78. The number of allylic oxidation sites excluding steroid dienone is 2. The number of hydrogen-bond acceptors (Lipinski definition) is 2. The Labute approximate surface area is 87.8 Å². The van der Waals surface area contributed by atoms with Crippen molar-refractivity contribution in [2.45, 2.75) is 25.1 Å². The quantitative estimate of drug-likeness (QED) is 0.355. The molecule has 0 aromatic carbocycles. The zero-order valence-electron chi connectivity index (χ0n) is 8.62. The van der Waals surface area contributed by atoms with Crippen LogP contribution in [0.3, 0.4) is 0 Å². The van der Waals surface area contributed by atoms with Crippen molar-refractivity contribution in [2.75, 3.05) is 25.8 Å². The van der Waals surface area contributed by atoms with Crippen molar-refractivity contribution < 1.29 is 9.47 Å². The molecule has 0 aliphatic rings. The molecule has 0 saturated heterocycles. The summed E-state index contributed by atoms with van der Waals surface area (Å²) in [5.41, 5.74) is 0.937. The van der Waals surface area contributed by atoms with Crippen molar-refractivity contribution >= 4 is 15.0 Å². The summed E-state index contributed by atoms with van der Waals surface area (Å²) in [7, 11) is 1.70. The molecule has 0 spiro atoms. The molecule has 0 bridgehead atoms. The van der Waals surface area contributed by atoms with Crippen LogP contribution in [0.1, 0.15) is 19.8 Å². The Hall–Kier alpha value is 0.179. The van der Waals surface area contributed by atoms with E-state index in [-0.39, 0.29) is 0 Å². The Kier molecular flexibility index (Phi) is 12.3. The van der Waals surface area contributed by atoms with Crippen LogP contribution in [0.15, 0.2) is 12.2 Å². The van der Waals surface area contributed by atoms with Gasteiger partial charge < -0.3 is 0 Å². The summed E-state index contributed by atoms with van der Waals surface area (Å²) in [6.07, 6.45) is 6.86. The van der Waals surface area contributed by atoms with E-state index in [2.05, 4.69) is 19.1 Å². The summed E-state index contributed by atoms with van der Waals surface area (Å²) >= 11 is 0.662. The molecule has 0 unspecified atom stereocenters. The standard InChI is InChI=1S/C10H20O2Se/c1-3-4-5-6-9-13-10-12-8-7-11-2/h3-4H,5-10H2,1-2H3/b4-3+. The number of hydrogen-bond donors (Lipinski definition) is 0. The molecule has 2 nitrogen and oxygen atoms in total. The summed E-state index contributed by atoms with van der Waals surface area (Å²) in [5, 5.41) is 1.32. The predicted molar refractivity (Wildman–Crippen MR) is 57.3 cm³/mol. The topological polar surface area (TPSA) is 18.5 Å². The molecule has 0 aromatic heterocycles. The summed E-state index contributed by atoms with van der Waals surface area (Å²) in [6, 6.07) is 0. The third-order valence-corrected chi connectivity index (χ3v) is 3.40. The molecule has 3 heteroatoms. The maximum atomic E-state index is 5.37. The predicted octanol–water partition coefficient (Wildman–Crippen LogP) is 2.09. The first-order chi connectivity index (χ1) is 6.41. The van der Waals surface area contributed by atoms with Gasteiger partial charge in [-0.3, -0.25) is 0 Å². The van der Waals surface area contributed by atoms with Gasteiger partial charge in [0.25, 0.3) is 0 Å². The first-order valence-electron chi connectivity index (χ1n) is 4.67.